The summed E-state index contributed by atoms with van der Waals surface area (Å²) in [6.07, 6.45) is 1.81. The van der Waals surface area contributed by atoms with Crippen LogP contribution < -0.4 is 13.9 Å². The van der Waals surface area contributed by atoms with Gasteiger partial charge in [0, 0.05) is 0 Å². The maximum atomic E-state index is 11.7. The first-order valence-electron chi connectivity index (χ1n) is 9.01. The molecule has 12 heteroatoms. The van der Waals surface area contributed by atoms with Crippen LogP contribution in [0.5, 0.6) is 0 Å². The predicted molar refractivity (Wildman–Crippen MR) is 121 cm³/mol. The molecule has 164 valence electrons. The molecule has 8 nitrogen and oxygen atoms in total. The summed E-state index contributed by atoms with van der Waals surface area (Å²) in [5.74, 6) is -1.16. The second-order valence-electron chi connectivity index (χ2n) is 7.25. The van der Waals surface area contributed by atoms with Crippen molar-refractivity contribution in [1.29, 1.82) is 0 Å². The molecule has 0 aliphatic carbocycles. The Bertz CT molecular complexity index is 1450. The van der Waals surface area contributed by atoms with Gasteiger partial charge in [-0.25, -0.2) is 0 Å². The molecular weight excluding hydrogens is 574 g/mol. The van der Waals surface area contributed by atoms with Gasteiger partial charge in [0.05, 0.1) is 0 Å². The first-order chi connectivity index (χ1) is 14.4. The van der Waals surface area contributed by atoms with E-state index in [1.807, 2.05) is 50.2 Å². The van der Waals surface area contributed by atoms with Gasteiger partial charge in [-0.2, -0.15) is 0 Å². The van der Waals surface area contributed by atoms with E-state index in [0.717, 1.165) is 31.1 Å². The Hall–Kier alpha value is -1.49. The third kappa shape index (κ3) is 5.13. The monoisotopic (exact) mass is 595 g/mol. The van der Waals surface area contributed by atoms with Crippen LogP contribution in [0.15, 0.2) is 41.0 Å². The van der Waals surface area contributed by atoms with Crippen molar-refractivity contribution in [3.05, 3.63) is 56.7 Å². The number of hydrogen-bond donors (Lipinski definition) is 2. The van der Waals surface area contributed by atoms with E-state index >= 15 is 0 Å². The van der Waals surface area contributed by atoms with Crippen molar-refractivity contribution in [2.24, 2.45) is 0 Å². The van der Waals surface area contributed by atoms with Gasteiger partial charge in [-0.3, -0.25) is 0 Å². The summed E-state index contributed by atoms with van der Waals surface area (Å²) in [6, 6.07) is 11.5. The van der Waals surface area contributed by atoms with Crippen LogP contribution in [0.3, 0.4) is 0 Å². The predicted octanol–water partition coefficient (Wildman–Crippen LogP) is 0.640. The molecule has 0 bridgehead atoms. The van der Waals surface area contributed by atoms with Crippen molar-refractivity contribution in [3.63, 3.8) is 0 Å². The summed E-state index contributed by atoms with van der Waals surface area (Å²) in [5, 5.41) is 0. The molecule has 0 unspecified atom stereocenters. The number of aromatic nitrogens is 1. The fraction of sp³-hybridized carbons (Fsp3) is 0.211. The van der Waals surface area contributed by atoms with E-state index in [1.54, 1.807) is 15.5 Å². The van der Waals surface area contributed by atoms with Crippen LogP contribution >= 0.6 is 0 Å². The molecule has 2 aromatic carbocycles. The van der Waals surface area contributed by atoms with E-state index in [0.29, 0.717) is 9.16 Å². The molecule has 1 aliphatic rings. The molecule has 3 aromatic rings. The minimum atomic E-state index is -4.29. The molecule has 1 aromatic heterocycles. The van der Waals surface area contributed by atoms with Crippen molar-refractivity contribution in [1.82, 2.24) is 0 Å². The number of aryl methyl sites for hydroxylation is 2. The molecular formula is C19H19N2O6S2Se2+. The van der Waals surface area contributed by atoms with Crippen LogP contribution in [0.4, 0.5) is 5.69 Å². The summed E-state index contributed by atoms with van der Waals surface area (Å²) in [7, 11) is -8.58. The van der Waals surface area contributed by atoms with Crippen LogP contribution in [0.25, 0.3) is 15.9 Å². The van der Waals surface area contributed by atoms with Crippen molar-refractivity contribution < 1.29 is 30.5 Å². The average molecular weight is 593 g/mol. The molecule has 0 amide bonds. The summed E-state index contributed by atoms with van der Waals surface area (Å²) in [6.45, 7) is 3.81. The van der Waals surface area contributed by atoms with Gasteiger partial charge in [-0.1, -0.05) is 0 Å². The van der Waals surface area contributed by atoms with E-state index in [4.69, 9.17) is 0 Å². The summed E-state index contributed by atoms with van der Waals surface area (Å²) in [5.41, 5.74) is 3.38. The van der Waals surface area contributed by atoms with Crippen LogP contribution in [0.2, 0.25) is 0 Å². The Labute approximate surface area is 192 Å². The van der Waals surface area contributed by atoms with Gasteiger partial charge in [0.1, 0.15) is 0 Å². The number of benzene rings is 2. The average Bonchev–Trinajstić information content (AvgIpc) is 3.11. The van der Waals surface area contributed by atoms with Gasteiger partial charge in [0.25, 0.3) is 0 Å². The zero-order valence-electron chi connectivity index (χ0n) is 16.5. The van der Waals surface area contributed by atoms with Gasteiger partial charge < -0.3 is 0 Å². The molecule has 0 spiro atoms. The third-order valence-electron chi connectivity index (χ3n) is 4.60. The van der Waals surface area contributed by atoms with Crippen LogP contribution in [0, 0.1) is 13.8 Å². The minimum absolute atomic E-state index is 0.231. The topological polar surface area (TPSA) is 116 Å². The first-order valence-corrected chi connectivity index (χ1v) is 15.7. The van der Waals surface area contributed by atoms with Gasteiger partial charge in [-0.05, 0) is 0 Å². The molecule has 2 N–H and O–H groups in total. The van der Waals surface area contributed by atoms with Crippen molar-refractivity contribution in [3.8, 4) is 0 Å². The Morgan fingerprint density at radius 2 is 1.68 bits per heavy atom. The summed E-state index contributed by atoms with van der Waals surface area (Å²) in [4.78, 5) is 1.57. The Kier molecular flexibility index (Phi) is 5.95. The fourth-order valence-electron chi connectivity index (χ4n) is 3.34. The molecule has 2 heterocycles. The van der Waals surface area contributed by atoms with Gasteiger partial charge in [0.15, 0.2) is 0 Å². The van der Waals surface area contributed by atoms with Crippen LogP contribution in [-0.2, 0) is 26.1 Å². The molecule has 1 aliphatic heterocycles. The standard InChI is InChI=1S/C19H18N2O6S2Se2/c1-12-3-5-16-14(7-12)20(10-28(22,23)24)18(30-16)9-19-21(11-29(25,26)27)15-8-13(2)4-6-17(15)31-19/h3-9H,10-11H2,1-2H3,(H-,22,23,24,25,26,27)/p+1. The van der Waals surface area contributed by atoms with Gasteiger partial charge in [-0.15, -0.1) is 0 Å². The Balaban J connectivity index is 1.89. The van der Waals surface area contributed by atoms with Gasteiger partial charge >= 0.3 is 193 Å². The SMILES string of the molecule is Cc1ccc2c(c1)N(CS(=O)(=O)O)C(=Cc1[se]c3ccc(C)cc3[n+]1CS(=O)(=O)O)[Se]2. The fourth-order valence-corrected chi connectivity index (χ4v) is 9.82. The third-order valence-corrected chi connectivity index (χ3v) is 10.4. The number of fused-ring (bicyclic) bond motifs is 2. The molecule has 31 heavy (non-hydrogen) atoms. The zero-order chi connectivity index (χ0) is 22.6. The van der Waals surface area contributed by atoms with E-state index in [2.05, 4.69) is 0 Å². The number of anilines is 1. The second-order valence-corrected chi connectivity index (χ2v) is 14.5. The quantitative estimate of drug-likeness (QED) is 0.254. The molecule has 0 saturated heterocycles. The molecule has 0 atom stereocenters. The van der Waals surface area contributed by atoms with Crippen molar-refractivity contribution in [2.75, 3.05) is 10.8 Å². The summed E-state index contributed by atoms with van der Waals surface area (Å²) < 4.78 is 70.8. The van der Waals surface area contributed by atoms with Crippen molar-refractivity contribution in [2.45, 2.75) is 19.7 Å². The van der Waals surface area contributed by atoms with E-state index in [-0.39, 0.29) is 29.5 Å². The Morgan fingerprint density at radius 3 is 2.35 bits per heavy atom. The molecule has 4 rings (SSSR count). The number of nitrogens with zero attached hydrogens (tertiary/aromatic N) is 2. The first kappa shape index (κ1) is 22.7. The van der Waals surface area contributed by atoms with Crippen molar-refractivity contribution >= 4 is 75.7 Å². The van der Waals surface area contributed by atoms with Crippen LogP contribution in [-0.4, -0.2) is 61.3 Å². The van der Waals surface area contributed by atoms with E-state index < -0.39 is 32.0 Å². The molecule has 0 radical (unpaired) electrons. The van der Waals surface area contributed by atoms with E-state index in [9.17, 15) is 25.9 Å². The number of rotatable bonds is 5. The second kappa shape index (κ2) is 8.13. The number of hydrogen-bond acceptors (Lipinski definition) is 5. The zero-order valence-corrected chi connectivity index (χ0v) is 21.6. The molecule has 0 saturated carbocycles. The summed E-state index contributed by atoms with van der Waals surface area (Å²) >= 11 is -0.462. The van der Waals surface area contributed by atoms with Crippen LogP contribution in [0.1, 0.15) is 15.7 Å². The normalized spacial score (nSPS) is 15.7. The molecule has 0 fully saturated rings. The Morgan fingerprint density at radius 1 is 1.00 bits per heavy atom. The van der Waals surface area contributed by atoms with E-state index in [1.165, 1.54) is 0 Å². The maximum absolute atomic E-state index is 11.7. The van der Waals surface area contributed by atoms with Gasteiger partial charge in [0.2, 0.25) is 0 Å².